The summed E-state index contributed by atoms with van der Waals surface area (Å²) in [6, 6.07) is 4.49. The molecule has 1 fully saturated rings. The molecule has 1 atom stereocenters. The van der Waals surface area contributed by atoms with E-state index in [1.807, 2.05) is 17.8 Å². The van der Waals surface area contributed by atoms with Gasteiger partial charge in [0.05, 0.1) is 0 Å². The van der Waals surface area contributed by atoms with Crippen molar-refractivity contribution < 1.29 is 0 Å². The second-order valence-corrected chi connectivity index (χ2v) is 5.51. The number of hydrogen-bond acceptors (Lipinski definition) is 4. The summed E-state index contributed by atoms with van der Waals surface area (Å²) in [4.78, 5) is 1.15. The first-order chi connectivity index (χ1) is 8.36. The van der Waals surface area contributed by atoms with Crippen molar-refractivity contribution in [3.05, 3.63) is 34.5 Å². The quantitative estimate of drug-likeness (QED) is 0.908. The van der Waals surface area contributed by atoms with Crippen LogP contribution in [-0.4, -0.2) is 14.8 Å². The minimum atomic E-state index is -0.141. The molecule has 0 amide bonds. The molecule has 3 rings (SSSR count). The Balaban J connectivity index is 1.90. The summed E-state index contributed by atoms with van der Waals surface area (Å²) in [5.74, 6) is 0.902. The highest BCUT2D eigenvalue weighted by Gasteiger charge is 2.23. The summed E-state index contributed by atoms with van der Waals surface area (Å²) in [7, 11) is 0. The van der Waals surface area contributed by atoms with Crippen LogP contribution in [0.25, 0.3) is 0 Å². The second-order valence-electron chi connectivity index (χ2n) is 4.53. The topological polar surface area (TPSA) is 56.7 Å². The first kappa shape index (κ1) is 10.9. The Hall–Kier alpha value is -1.20. The van der Waals surface area contributed by atoms with Gasteiger partial charge in [0.25, 0.3) is 0 Å². The van der Waals surface area contributed by atoms with Gasteiger partial charge in [0.15, 0.2) is 5.82 Å². The number of aromatic nitrogens is 3. The molecule has 90 valence electrons. The molecule has 0 spiro atoms. The van der Waals surface area contributed by atoms with E-state index in [0.717, 1.165) is 10.7 Å². The molecule has 1 aliphatic carbocycles. The minimum absolute atomic E-state index is 0.141. The van der Waals surface area contributed by atoms with Gasteiger partial charge in [-0.05, 0) is 24.3 Å². The first-order valence-corrected chi connectivity index (χ1v) is 6.92. The molecule has 2 aromatic rings. The van der Waals surface area contributed by atoms with Crippen LogP contribution in [0.2, 0.25) is 0 Å². The minimum Gasteiger partial charge on any atom is -0.317 e. The molecule has 2 aromatic heterocycles. The van der Waals surface area contributed by atoms with Crippen molar-refractivity contribution in [3.8, 4) is 0 Å². The van der Waals surface area contributed by atoms with Crippen LogP contribution in [0.15, 0.2) is 23.8 Å². The second kappa shape index (κ2) is 4.58. The van der Waals surface area contributed by atoms with Crippen LogP contribution in [0.4, 0.5) is 0 Å². The lowest BCUT2D eigenvalue weighted by Crippen LogP contribution is -2.18. The van der Waals surface area contributed by atoms with E-state index in [-0.39, 0.29) is 6.04 Å². The number of nitrogens with zero attached hydrogens (tertiary/aromatic N) is 3. The van der Waals surface area contributed by atoms with Crippen molar-refractivity contribution in [3.63, 3.8) is 0 Å². The molecule has 0 bridgehead atoms. The summed E-state index contributed by atoms with van der Waals surface area (Å²) < 4.78 is 2.18. The third-order valence-corrected chi connectivity index (χ3v) is 4.40. The van der Waals surface area contributed by atoms with Crippen molar-refractivity contribution >= 4 is 11.3 Å². The molecule has 0 saturated heterocycles. The first-order valence-electron chi connectivity index (χ1n) is 6.04. The smallest absolute Gasteiger partial charge is 0.155 e. The Morgan fingerprint density at radius 1 is 1.41 bits per heavy atom. The third kappa shape index (κ3) is 2.00. The molecular formula is C12H16N4S. The molecule has 0 radical (unpaired) electrons. The highest BCUT2D eigenvalue weighted by molar-refractivity contribution is 7.10. The maximum atomic E-state index is 6.26. The Morgan fingerprint density at radius 3 is 2.94 bits per heavy atom. The number of rotatable bonds is 3. The van der Waals surface area contributed by atoms with E-state index in [1.165, 1.54) is 25.7 Å². The molecule has 5 heteroatoms. The van der Waals surface area contributed by atoms with Crippen molar-refractivity contribution in [2.24, 2.45) is 5.73 Å². The predicted octanol–water partition coefficient (Wildman–Crippen LogP) is 2.50. The van der Waals surface area contributed by atoms with Crippen LogP contribution in [0.1, 0.15) is 48.5 Å². The van der Waals surface area contributed by atoms with Crippen LogP contribution in [0.3, 0.4) is 0 Å². The van der Waals surface area contributed by atoms with Crippen molar-refractivity contribution in [2.45, 2.75) is 37.8 Å². The molecule has 17 heavy (non-hydrogen) atoms. The van der Waals surface area contributed by atoms with Gasteiger partial charge in [-0.25, -0.2) is 0 Å². The van der Waals surface area contributed by atoms with E-state index in [0.29, 0.717) is 6.04 Å². The number of hydrogen-bond donors (Lipinski definition) is 1. The molecule has 2 N–H and O–H groups in total. The van der Waals surface area contributed by atoms with Gasteiger partial charge in [0.2, 0.25) is 0 Å². The van der Waals surface area contributed by atoms with Gasteiger partial charge in [-0.15, -0.1) is 21.5 Å². The lowest BCUT2D eigenvalue weighted by Gasteiger charge is -2.16. The van der Waals surface area contributed by atoms with E-state index >= 15 is 0 Å². The molecule has 1 aliphatic rings. The van der Waals surface area contributed by atoms with E-state index < -0.39 is 0 Å². The zero-order valence-electron chi connectivity index (χ0n) is 9.62. The van der Waals surface area contributed by atoms with Gasteiger partial charge in [-0.2, -0.15) is 0 Å². The van der Waals surface area contributed by atoms with Gasteiger partial charge in [-0.1, -0.05) is 18.9 Å². The average Bonchev–Trinajstić information content (AvgIpc) is 3.09. The van der Waals surface area contributed by atoms with Crippen molar-refractivity contribution in [1.29, 1.82) is 0 Å². The highest BCUT2D eigenvalue weighted by Crippen LogP contribution is 2.32. The molecule has 0 aliphatic heterocycles. The van der Waals surface area contributed by atoms with E-state index in [4.69, 9.17) is 5.73 Å². The maximum Gasteiger partial charge on any atom is 0.155 e. The molecule has 2 heterocycles. The Morgan fingerprint density at radius 2 is 2.24 bits per heavy atom. The summed E-state index contributed by atoms with van der Waals surface area (Å²) in [5.41, 5.74) is 6.26. The number of nitrogens with two attached hydrogens (primary N) is 1. The zero-order chi connectivity index (χ0) is 11.7. The standard InChI is InChI=1S/C12H16N4S/c13-11(10-6-3-7-17-10)12-15-14-8-16(12)9-4-1-2-5-9/h3,6-9,11H,1-2,4-5,13H2. The summed E-state index contributed by atoms with van der Waals surface area (Å²) in [6.07, 6.45) is 6.89. The van der Waals surface area contributed by atoms with Gasteiger partial charge in [0.1, 0.15) is 12.4 Å². The predicted molar refractivity (Wildman–Crippen MR) is 67.9 cm³/mol. The van der Waals surface area contributed by atoms with Gasteiger partial charge >= 0.3 is 0 Å². The molecule has 1 unspecified atom stereocenters. The monoisotopic (exact) mass is 248 g/mol. The van der Waals surface area contributed by atoms with Gasteiger partial charge in [0, 0.05) is 10.9 Å². The summed E-state index contributed by atoms with van der Waals surface area (Å²) in [5, 5.41) is 10.3. The van der Waals surface area contributed by atoms with Crippen LogP contribution < -0.4 is 5.73 Å². The third-order valence-electron chi connectivity index (χ3n) is 3.45. The molecular weight excluding hydrogens is 232 g/mol. The molecule has 0 aromatic carbocycles. The average molecular weight is 248 g/mol. The summed E-state index contributed by atoms with van der Waals surface area (Å²) >= 11 is 1.67. The highest BCUT2D eigenvalue weighted by atomic mass is 32.1. The molecule has 4 nitrogen and oxygen atoms in total. The largest absolute Gasteiger partial charge is 0.317 e. The van der Waals surface area contributed by atoms with E-state index in [1.54, 1.807) is 11.3 Å². The normalized spacial score (nSPS) is 18.6. The van der Waals surface area contributed by atoms with Crippen LogP contribution >= 0.6 is 11.3 Å². The SMILES string of the molecule is NC(c1cccs1)c1nncn1C1CCCC1. The maximum absolute atomic E-state index is 6.26. The Kier molecular flexibility index (Phi) is 2.94. The van der Waals surface area contributed by atoms with E-state index in [9.17, 15) is 0 Å². The van der Waals surface area contributed by atoms with Gasteiger partial charge < -0.3 is 10.3 Å². The lowest BCUT2D eigenvalue weighted by atomic mass is 10.2. The fourth-order valence-corrected chi connectivity index (χ4v) is 3.26. The Labute approximate surface area is 104 Å². The Bertz CT molecular complexity index is 470. The summed E-state index contributed by atoms with van der Waals surface area (Å²) in [6.45, 7) is 0. The fraction of sp³-hybridized carbons (Fsp3) is 0.500. The van der Waals surface area contributed by atoms with Crippen molar-refractivity contribution in [1.82, 2.24) is 14.8 Å². The lowest BCUT2D eigenvalue weighted by molar-refractivity contribution is 0.488. The zero-order valence-corrected chi connectivity index (χ0v) is 10.4. The molecule has 1 saturated carbocycles. The van der Waals surface area contributed by atoms with Gasteiger partial charge in [-0.3, -0.25) is 0 Å². The van der Waals surface area contributed by atoms with E-state index in [2.05, 4.69) is 20.8 Å². The van der Waals surface area contributed by atoms with Crippen LogP contribution in [0.5, 0.6) is 0 Å². The number of thiophene rings is 1. The van der Waals surface area contributed by atoms with Crippen LogP contribution in [0, 0.1) is 0 Å². The van der Waals surface area contributed by atoms with Crippen LogP contribution in [-0.2, 0) is 0 Å². The fourth-order valence-electron chi connectivity index (χ4n) is 2.53. The van der Waals surface area contributed by atoms with Crippen molar-refractivity contribution in [2.75, 3.05) is 0 Å².